The van der Waals surface area contributed by atoms with E-state index in [1.165, 1.54) is 0 Å². The zero-order valence-corrected chi connectivity index (χ0v) is 13.1. The van der Waals surface area contributed by atoms with Crippen molar-refractivity contribution in [2.75, 3.05) is 6.54 Å². The number of rotatable bonds is 6. The molecule has 7 nitrogen and oxygen atoms in total. The third-order valence-corrected chi connectivity index (χ3v) is 6.77. The van der Waals surface area contributed by atoms with Crippen molar-refractivity contribution < 1.29 is 18.0 Å². The van der Waals surface area contributed by atoms with Crippen molar-refractivity contribution in [1.82, 2.24) is 9.62 Å². The molecule has 0 bridgehead atoms. The highest BCUT2D eigenvalue weighted by Gasteiger charge is 2.65. The van der Waals surface area contributed by atoms with Crippen LogP contribution in [0.15, 0.2) is 12.7 Å². The topological polar surface area (TPSA) is 110 Å². The van der Waals surface area contributed by atoms with Crippen LogP contribution in [0.4, 0.5) is 0 Å². The summed E-state index contributed by atoms with van der Waals surface area (Å²) in [7, 11) is -3.61. The number of hydrogen-bond acceptors (Lipinski definition) is 5. The molecule has 0 aromatic carbocycles. The molecule has 1 saturated heterocycles. The monoisotopic (exact) mass is 327 g/mol. The maximum atomic E-state index is 12.7. The van der Waals surface area contributed by atoms with Crippen LogP contribution < -0.4 is 10.5 Å². The van der Waals surface area contributed by atoms with Gasteiger partial charge in [-0.25, -0.2) is 8.42 Å². The molecule has 3 rings (SSSR count). The van der Waals surface area contributed by atoms with Gasteiger partial charge in [0.25, 0.3) is 5.91 Å². The molecule has 22 heavy (non-hydrogen) atoms. The van der Waals surface area contributed by atoms with Crippen molar-refractivity contribution >= 4 is 21.8 Å². The Morgan fingerprint density at radius 1 is 1.32 bits per heavy atom. The van der Waals surface area contributed by atoms with Gasteiger partial charge in [-0.3, -0.25) is 19.2 Å². The van der Waals surface area contributed by atoms with Crippen LogP contribution in [0.2, 0.25) is 0 Å². The van der Waals surface area contributed by atoms with Crippen LogP contribution in [0, 0.1) is 5.92 Å². The third-order valence-electron chi connectivity index (χ3n) is 4.95. The van der Waals surface area contributed by atoms with Crippen LogP contribution in [0.3, 0.4) is 0 Å². The number of nitrogens with two attached hydrogens (primary N) is 1. The minimum atomic E-state index is -3.61. The first-order valence-corrected chi connectivity index (χ1v) is 9.12. The first-order chi connectivity index (χ1) is 10.3. The quantitative estimate of drug-likeness (QED) is 0.639. The SMILES string of the molecule is C=C[C@@H]1C[C@@]1(C(=O)NS(=O)(=O)C1CC1)N1CCCC1C(N)=O. The third kappa shape index (κ3) is 2.34. The highest BCUT2D eigenvalue weighted by molar-refractivity contribution is 7.90. The largest absolute Gasteiger partial charge is 0.368 e. The highest BCUT2D eigenvalue weighted by atomic mass is 32.2. The highest BCUT2D eigenvalue weighted by Crippen LogP contribution is 2.52. The zero-order valence-electron chi connectivity index (χ0n) is 12.3. The molecule has 122 valence electrons. The lowest BCUT2D eigenvalue weighted by Gasteiger charge is -2.31. The minimum absolute atomic E-state index is 0.151. The Bertz CT molecular complexity index is 628. The molecule has 8 heteroatoms. The molecule has 3 fully saturated rings. The van der Waals surface area contributed by atoms with E-state index in [-0.39, 0.29) is 5.92 Å². The van der Waals surface area contributed by atoms with Gasteiger partial charge in [0.1, 0.15) is 5.54 Å². The molecule has 0 spiro atoms. The molecule has 0 aromatic rings. The van der Waals surface area contributed by atoms with Gasteiger partial charge >= 0.3 is 0 Å². The Labute approximate surface area is 130 Å². The molecular weight excluding hydrogens is 306 g/mol. The van der Waals surface area contributed by atoms with Gasteiger partial charge in [0.05, 0.1) is 11.3 Å². The number of primary amides is 1. The molecule has 2 aliphatic carbocycles. The molecular formula is C14H21N3O4S. The summed E-state index contributed by atoms with van der Waals surface area (Å²) < 4.78 is 26.3. The van der Waals surface area contributed by atoms with E-state index in [2.05, 4.69) is 11.3 Å². The van der Waals surface area contributed by atoms with Crippen molar-refractivity contribution in [3.05, 3.63) is 12.7 Å². The average molecular weight is 327 g/mol. The lowest BCUT2D eigenvalue weighted by atomic mass is 10.1. The second-order valence-corrected chi connectivity index (χ2v) is 8.36. The number of nitrogens with zero attached hydrogens (tertiary/aromatic N) is 1. The van der Waals surface area contributed by atoms with Crippen LogP contribution in [-0.2, 0) is 19.6 Å². The minimum Gasteiger partial charge on any atom is -0.368 e. The summed E-state index contributed by atoms with van der Waals surface area (Å²) in [5.41, 5.74) is 4.44. The Kier molecular flexibility index (Phi) is 3.56. The van der Waals surface area contributed by atoms with E-state index in [0.717, 1.165) is 6.42 Å². The van der Waals surface area contributed by atoms with E-state index in [1.807, 2.05) is 0 Å². The smallest absolute Gasteiger partial charge is 0.254 e. The van der Waals surface area contributed by atoms with Gasteiger partial charge in [-0.1, -0.05) is 6.08 Å². The second kappa shape index (κ2) is 5.06. The Hall–Kier alpha value is -1.41. The predicted molar refractivity (Wildman–Crippen MR) is 80.0 cm³/mol. The predicted octanol–water partition coefficient (Wildman–Crippen LogP) is -0.511. The Balaban J connectivity index is 1.84. The first kappa shape index (κ1) is 15.5. The van der Waals surface area contributed by atoms with Gasteiger partial charge in [-0.05, 0) is 32.1 Å². The zero-order chi connectivity index (χ0) is 16.1. The number of carbonyl (C=O) groups excluding carboxylic acids is 2. The van der Waals surface area contributed by atoms with Crippen LogP contribution in [0.5, 0.6) is 0 Å². The van der Waals surface area contributed by atoms with Crippen molar-refractivity contribution in [2.24, 2.45) is 11.7 Å². The second-order valence-electron chi connectivity index (χ2n) is 6.40. The fourth-order valence-corrected chi connectivity index (χ4v) is 4.85. The normalized spacial score (nSPS) is 35.1. The molecule has 3 atom stereocenters. The number of likely N-dealkylation sites (tertiary alicyclic amines) is 1. The lowest BCUT2D eigenvalue weighted by molar-refractivity contribution is -0.130. The van der Waals surface area contributed by atoms with Crippen LogP contribution >= 0.6 is 0 Å². The molecule has 1 unspecified atom stereocenters. The summed E-state index contributed by atoms with van der Waals surface area (Å²) in [6, 6.07) is -0.515. The van der Waals surface area contributed by atoms with Gasteiger partial charge in [-0.15, -0.1) is 6.58 Å². The van der Waals surface area contributed by atoms with Crippen LogP contribution in [0.1, 0.15) is 32.1 Å². The molecule has 1 heterocycles. The maximum absolute atomic E-state index is 12.7. The Morgan fingerprint density at radius 3 is 2.50 bits per heavy atom. The standard InChI is InChI=1S/C14H21N3O4S/c1-2-9-8-14(9,17-7-3-4-11(17)12(15)18)13(19)16-22(20,21)10-5-6-10/h2,9-11H,1,3-8H2,(H2,15,18)(H,16,19)/t9-,11?,14-/m1/s1. The van der Waals surface area contributed by atoms with Gasteiger partial charge in [0.15, 0.2) is 0 Å². The number of hydrogen-bond donors (Lipinski definition) is 2. The van der Waals surface area contributed by atoms with Crippen molar-refractivity contribution in [3.8, 4) is 0 Å². The van der Waals surface area contributed by atoms with E-state index in [9.17, 15) is 18.0 Å². The van der Waals surface area contributed by atoms with Crippen LogP contribution in [0.25, 0.3) is 0 Å². The number of amides is 2. The summed E-state index contributed by atoms with van der Waals surface area (Å²) in [5, 5.41) is -0.458. The molecule has 3 N–H and O–H groups in total. The van der Waals surface area contributed by atoms with Gasteiger partial charge in [0.2, 0.25) is 15.9 Å². The first-order valence-electron chi connectivity index (χ1n) is 7.57. The van der Waals surface area contributed by atoms with E-state index in [0.29, 0.717) is 32.2 Å². The molecule has 2 saturated carbocycles. The Morgan fingerprint density at radius 2 is 2.00 bits per heavy atom. The fourth-order valence-electron chi connectivity index (χ4n) is 3.50. The van der Waals surface area contributed by atoms with E-state index in [1.54, 1.807) is 11.0 Å². The van der Waals surface area contributed by atoms with Gasteiger partial charge < -0.3 is 5.73 Å². The maximum Gasteiger partial charge on any atom is 0.254 e. The van der Waals surface area contributed by atoms with Crippen molar-refractivity contribution in [3.63, 3.8) is 0 Å². The summed E-state index contributed by atoms with van der Waals surface area (Å²) in [5.74, 6) is -1.16. The average Bonchev–Trinajstić information content (AvgIpc) is 3.35. The number of nitrogens with one attached hydrogen (secondary N) is 1. The lowest BCUT2D eigenvalue weighted by Crippen LogP contribution is -2.56. The molecule has 0 radical (unpaired) electrons. The number of carbonyl (C=O) groups is 2. The summed E-state index contributed by atoms with van der Waals surface area (Å²) in [4.78, 5) is 26.1. The van der Waals surface area contributed by atoms with Gasteiger partial charge in [0, 0.05) is 12.5 Å². The summed E-state index contributed by atoms with van der Waals surface area (Å²) in [6.07, 6.45) is 4.68. The van der Waals surface area contributed by atoms with Crippen molar-refractivity contribution in [2.45, 2.75) is 48.9 Å². The fraction of sp³-hybridized carbons (Fsp3) is 0.714. The van der Waals surface area contributed by atoms with E-state index < -0.39 is 38.7 Å². The van der Waals surface area contributed by atoms with Crippen LogP contribution in [-0.4, -0.2) is 48.5 Å². The summed E-state index contributed by atoms with van der Waals surface area (Å²) >= 11 is 0. The van der Waals surface area contributed by atoms with E-state index in [4.69, 9.17) is 5.73 Å². The number of sulfonamides is 1. The van der Waals surface area contributed by atoms with E-state index >= 15 is 0 Å². The van der Waals surface area contributed by atoms with Gasteiger partial charge in [-0.2, -0.15) is 0 Å². The molecule has 2 amide bonds. The molecule has 3 aliphatic rings. The summed E-state index contributed by atoms with van der Waals surface area (Å²) in [6.45, 7) is 4.28. The molecule has 0 aromatic heterocycles. The van der Waals surface area contributed by atoms with Crippen molar-refractivity contribution in [1.29, 1.82) is 0 Å². The molecule has 1 aliphatic heterocycles.